The molecule has 0 spiro atoms. The minimum absolute atomic E-state index is 0.0503. The van der Waals surface area contributed by atoms with E-state index >= 15 is 0 Å². The molecule has 0 aliphatic rings. The molecule has 0 saturated heterocycles. The van der Waals surface area contributed by atoms with E-state index < -0.39 is 51.7 Å². The van der Waals surface area contributed by atoms with Gasteiger partial charge in [0, 0.05) is 5.56 Å². The van der Waals surface area contributed by atoms with Crippen molar-refractivity contribution in [3.8, 4) is 5.75 Å². The summed E-state index contributed by atoms with van der Waals surface area (Å²) in [7, 11) is 0. The number of rotatable bonds is 8. The van der Waals surface area contributed by atoms with Crippen LogP contribution in [0.1, 0.15) is 39.7 Å². The quantitative estimate of drug-likeness (QED) is 0.347. The van der Waals surface area contributed by atoms with Crippen molar-refractivity contribution in [3.05, 3.63) is 70.0 Å². The molecule has 31 heavy (non-hydrogen) atoms. The predicted molar refractivity (Wildman–Crippen MR) is 109 cm³/mol. The molecule has 1 unspecified atom stereocenters. The zero-order valence-corrected chi connectivity index (χ0v) is 17.7. The van der Waals surface area contributed by atoms with E-state index in [0.717, 1.165) is 12.1 Å². The molecule has 9 heteroatoms. The van der Waals surface area contributed by atoms with Gasteiger partial charge in [0.05, 0.1) is 17.6 Å². The molecule has 2 aromatic carbocycles. The third kappa shape index (κ3) is 6.00. The van der Waals surface area contributed by atoms with Crippen LogP contribution < -0.4 is 4.74 Å². The number of ether oxygens (including phenoxy) is 3. The molecule has 0 aliphatic heterocycles. The fraction of sp³-hybridized carbons (Fsp3) is 0.364. The normalized spacial score (nSPS) is 13.1. The van der Waals surface area contributed by atoms with Crippen LogP contribution >= 0.6 is 0 Å². The molecule has 0 bridgehead atoms. The van der Waals surface area contributed by atoms with E-state index in [0.29, 0.717) is 6.07 Å². The Morgan fingerprint density at radius 3 is 2.29 bits per heavy atom. The van der Waals surface area contributed by atoms with E-state index in [9.17, 15) is 24.1 Å². The third-order valence-electron chi connectivity index (χ3n) is 4.07. The van der Waals surface area contributed by atoms with Crippen LogP contribution in [0.2, 0.25) is 0 Å². The van der Waals surface area contributed by atoms with Crippen LogP contribution in [0, 0.1) is 15.9 Å². The standard InChI is InChI=1S/C22H24FNO7/c1-5-29-19(25)14-22(15-9-7-6-8-10-15,20(26)31-21(2,3)4)30-18-12-11-16(23)13-17(18)24(27)28/h6-13H,5,14H2,1-4H3. The first-order valence-corrected chi connectivity index (χ1v) is 9.56. The third-order valence-corrected chi connectivity index (χ3v) is 4.07. The first-order chi connectivity index (χ1) is 14.5. The number of esters is 2. The van der Waals surface area contributed by atoms with Gasteiger partial charge < -0.3 is 14.2 Å². The van der Waals surface area contributed by atoms with E-state index in [1.165, 1.54) is 12.1 Å². The summed E-state index contributed by atoms with van der Waals surface area (Å²) in [4.78, 5) is 36.5. The number of halogens is 1. The number of benzene rings is 2. The Balaban J connectivity index is 2.71. The topological polar surface area (TPSA) is 105 Å². The molecule has 0 aromatic heterocycles. The summed E-state index contributed by atoms with van der Waals surface area (Å²) >= 11 is 0. The van der Waals surface area contributed by atoms with Crippen molar-refractivity contribution in [3.63, 3.8) is 0 Å². The summed E-state index contributed by atoms with van der Waals surface area (Å²) in [5.41, 5.74) is -3.54. The minimum atomic E-state index is -2.11. The Labute approximate surface area is 179 Å². The monoisotopic (exact) mass is 433 g/mol. The van der Waals surface area contributed by atoms with Crippen LogP contribution in [0.15, 0.2) is 48.5 Å². The lowest BCUT2D eigenvalue weighted by Gasteiger charge is -2.34. The van der Waals surface area contributed by atoms with Gasteiger partial charge in [-0.15, -0.1) is 0 Å². The zero-order valence-electron chi connectivity index (χ0n) is 17.7. The minimum Gasteiger partial charge on any atom is -0.466 e. The van der Waals surface area contributed by atoms with Crippen molar-refractivity contribution in [1.29, 1.82) is 0 Å². The molecule has 0 saturated carbocycles. The largest absolute Gasteiger partial charge is 0.466 e. The van der Waals surface area contributed by atoms with Gasteiger partial charge in [-0.2, -0.15) is 0 Å². The van der Waals surface area contributed by atoms with Crippen LogP contribution in [0.3, 0.4) is 0 Å². The molecule has 0 N–H and O–H groups in total. The molecule has 8 nitrogen and oxygen atoms in total. The van der Waals surface area contributed by atoms with E-state index in [1.54, 1.807) is 45.9 Å². The number of nitro benzene ring substituents is 1. The second-order valence-corrected chi connectivity index (χ2v) is 7.65. The van der Waals surface area contributed by atoms with E-state index in [4.69, 9.17) is 14.2 Å². The molecule has 0 aliphatic carbocycles. The van der Waals surface area contributed by atoms with Crippen LogP contribution in [0.25, 0.3) is 0 Å². The van der Waals surface area contributed by atoms with Crippen LogP contribution in [0.4, 0.5) is 10.1 Å². The molecule has 2 rings (SSSR count). The second-order valence-electron chi connectivity index (χ2n) is 7.65. The highest BCUT2D eigenvalue weighted by atomic mass is 19.1. The maximum atomic E-state index is 13.6. The summed E-state index contributed by atoms with van der Waals surface area (Å²) in [5.74, 6) is -2.97. The molecule has 0 fully saturated rings. The van der Waals surface area contributed by atoms with Crippen molar-refractivity contribution in [1.82, 2.24) is 0 Å². The van der Waals surface area contributed by atoms with Gasteiger partial charge in [-0.3, -0.25) is 14.9 Å². The van der Waals surface area contributed by atoms with Crippen LogP contribution in [-0.2, 0) is 24.7 Å². The van der Waals surface area contributed by atoms with Gasteiger partial charge >= 0.3 is 17.6 Å². The van der Waals surface area contributed by atoms with Crippen molar-refractivity contribution in [2.75, 3.05) is 6.61 Å². The predicted octanol–water partition coefficient (Wildman–Crippen LogP) is 4.30. The smallest absolute Gasteiger partial charge is 0.356 e. The van der Waals surface area contributed by atoms with Crippen LogP contribution in [-0.4, -0.2) is 29.1 Å². The Kier molecular flexibility index (Phi) is 7.32. The molecule has 0 radical (unpaired) electrons. The first kappa shape index (κ1) is 23.8. The van der Waals surface area contributed by atoms with Gasteiger partial charge in [-0.05, 0) is 39.8 Å². The SMILES string of the molecule is CCOC(=O)CC(Oc1ccc(F)cc1[N+](=O)[O-])(C(=O)OC(C)(C)C)c1ccccc1. The number of nitrogens with zero attached hydrogens (tertiary/aromatic N) is 1. The molecular weight excluding hydrogens is 409 g/mol. The maximum Gasteiger partial charge on any atom is 0.356 e. The van der Waals surface area contributed by atoms with Crippen molar-refractivity contribution in [2.45, 2.75) is 45.3 Å². The van der Waals surface area contributed by atoms with Gasteiger partial charge in [0.15, 0.2) is 5.75 Å². The molecule has 1 atom stereocenters. The van der Waals surface area contributed by atoms with E-state index in [2.05, 4.69) is 0 Å². The second kappa shape index (κ2) is 9.55. The van der Waals surface area contributed by atoms with Crippen molar-refractivity contribution in [2.24, 2.45) is 0 Å². The molecule has 0 amide bonds. The number of carbonyl (C=O) groups excluding carboxylic acids is 2. The summed E-state index contributed by atoms with van der Waals surface area (Å²) in [5, 5.41) is 11.5. The van der Waals surface area contributed by atoms with E-state index in [-0.39, 0.29) is 12.2 Å². The first-order valence-electron chi connectivity index (χ1n) is 9.56. The summed E-state index contributed by atoms with van der Waals surface area (Å²) in [6, 6.07) is 10.6. The average Bonchev–Trinajstić information content (AvgIpc) is 2.68. The molecular formula is C22H24FNO7. The highest BCUT2D eigenvalue weighted by molar-refractivity contribution is 5.88. The summed E-state index contributed by atoms with van der Waals surface area (Å²) < 4.78 is 30.0. The molecule has 2 aromatic rings. The average molecular weight is 433 g/mol. The molecule has 166 valence electrons. The van der Waals surface area contributed by atoms with Gasteiger partial charge in [0.1, 0.15) is 17.8 Å². The Bertz CT molecular complexity index is 956. The summed E-state index contributed by atoms with van der Waals surface area (Å²) in [6.07, 6.45) is -0.617. The van der Waals surface area contributed by atoms with Crippen molar-refractivity contribution >= 4 is 17.6 Å². The number of hydrogen-bond donors (Lipinski definition) is 0. The number of nitro groups is 1. The lowest BCUT2D eigenvalue weighted by atomic mass is 9.89. The maximum absolute atomic E-state index is 13.6. The van der Waals surface area contributed by atoms with Crippen molar-refractivity contribution < 1.29 is 33.1 Å². The Morgan fingerprint density at radius 1 is 1.10 bits per heavy atom. The molecule has 0 heterocycles. The van der Waals surface area contributed by atoms with E-state index in [1.807, 2.05) is 0 Å². The summed E-state index contributed by atoms with van der Waals surface area (Å²) in [6.45, 7) is 6.54. The fourth-order valence-corrected chi connectivity index (χ4v) is 2.82. The highest BCUT2D eigenvalue weighted by Crippen LogP contribution is 2.39. The Morgan fingerprint density at radius 2 is 1.74 bits per heavy atom. The lowest BCUT2D eigenvalue weighted by Crippen LogP contribution is -2.47. The van der Waals surface area contributed by atoms with Gasteiger partial charge in [-0.1, -0.05) is 30.3 Å². The lowest BCUT2D eigenvalue weighted by molar-refractivity contribution is -0.386. The highest BCUT2D eigenvalue weighted by Gasteiger charge is 2.49. The van der Waals surface area contributed by atoms with Gasteiger partial charge in [-0.25, -0.2) is 9.18 Å². The zero-order chi connectivity index (χ0) is 23.2. The van der Waals surface area contributed by atoms with Gasteiger partial charge in [0.25, 0.3) is 0 Å². The van der Waals surface area contributed by atoms with Crippen LogP contribution in [0.5, 0.6) is 5.75 Å². The number of carbonyl (C=O) groups is 2. The van der Waals surface area contributed by atoms with Gasteiger partial charge in [0.2, 0.25) is 5.60 Å². The Hall–Kier alpha value is -3.49. The number of hydrogen-bond acceptors (Lipinski definition) is 7. The fourth-order valence-electron chi connectivity index (χ4n) is 2.82.